The number of aliphatic carboxylic acids is 1. The van der Waals surface area contributed by atoms with Crippen LogP contribution < -0.4 is 16.4 Å². The normalized spacial score (nSPS) is 12.6. The number of rotatable bonds is 7. The van der Waals surface area contributed by atoms with Gasteiger partial charge < -0.3 is 21.5 Å². The fourth-order valence-corrected chi connectivity index (χ4v) is 1.46. The van der Waals surface area contributed by atoms with Gasteiger partial charge in [-0.3, -0.25) is 4.79 Å². The van der Waals surface area contributed by atoms with Crippen molar-refractivity contribution in [1.29, 1.82) is 0 Å². The number of primary amides is 1. The Hall–Kier alpha value is -1.79. The Labute approximate surface area is 112 Å². The second-order valence-corrected chi connectivity index (χ2v) is 5.46. The number of carboxylic acid groups (broad SMARTS) is 1. The summed E-state index contributed by atoms with van der Waals surface area (Å²) in [6, 6.07) is -1.49. The van der Waals surface area contributed by atoms with Crippen LogP contribution in [0.5, 0.6) is 0 Å². The molecule has 110 valence electrons. The maximum Gasteiger partial charge on any atom is 0.326 e. The zero-order chi connectivity index (χ0) is 15.1. The number of nitrogens with two attached hydrogens (primary N) is 1. The summed E-state index contributed by atoms with van der Waals surface area (Å²) < 4.78 is 0. The first kappa shape index (κ1) is 17.2. The van der Waals surface area contributed by atoms with Crippen LogP contribution in [0.15, 0.2) is 0 Å². The van der Waals surface area contributed by atoms with E-state index in [1.807, 2.05) is 0 Å². The third-order valence-electron chi connectivity index (χ3n) is 2.52. The Morgan fingerprint density at radius 3 is 2.21 bits per heavy atom. The van der Waals surface area contributed by atoms with Gasteiger partial charge in [0.25, 0.3) is 0 Å². The number of hydrogen-bond donors (Lipinski definition) is 4. The van der Waals surface area contributed by atoms with Gasteiger partial charge in [-0.15, -0.1) is 0 Å². The summed E-state index contributed by atoms with van der Waals surface area (Å²) in [5.41, 5.74) is 4.40. The van der Waals surface area contributed by atoms with Gasteiger partial charge in [0.1, 0.15) is 6.04 Å². The van der Waals surface area contributed by atoms with Gasteiger partial charge in [0.15, 0.2) is 0 Å². The molecule has 0 unspecified atom stereocenters. The van der Waals surface area contributed by atoms with Crippen LogP contribution in [0.1, 0.15) is 40.0 Å². The van der Waals surface area contributed by atoms with E-state index in [1.165, 1.54) is 0 Å². The quantitative estimate of drug-likeness (QED) is 0.503. The molecular formula is C12H23N3O4. The van der Waals surface area contributed by atoms with Crippen LogP contribution in [0.3, 0.4) is 0 Å². The first-order chi connectivity index (χ1) is 8.64. The molecule has 0 aliphatic carbocycles. The number of carbonyl (C=O) groups is 3. The number of amides is 3. The van der Waals surface area contributed by atoms with E-state index >= 15 is 0 Å². The number of urea groups is 1. The largest absolute Gasteiger partial charge is 0.480 e. The highest BCUT2D eigenvalue weighted by molar-refractivity contribution is 5.83. The molecule has 19 heavy (non-hydrogen) atoms. The number of hydrogen-bond acceptors (Lipinski definition) is 3. The molecule has 0 aromatic heterocycles. The molecule has 0 bridgehead atoms. The molecule has 1 atom stereocenters. The Kier molecular flexibility index (Phi) is 6.89. The molecule has 0 fully saturated rings. The molecular weight excluding hydrogens is 250 g/mol. The van der Waals surface area contributed by atoms with E-state index in [1.54, 1.807) is 20.8 Å². The van der Waals surface area contributed by atoms with Crippen LogP contribution in [0.25, 0.3) is 0 Å². The highest BCUT2D eigenvalue weighted by Crippen LogP contribution is 2.19. The van der Waals surface area contributed by atoms with Crippen molar-refractivity contribution in [3.63, 3.8) is 0 Å². The molecule has 0 aromatic rings. The lowest BCUT2D eigenvalue weighted by Gasteiger charge is -2.27. The summed E-state index contributed by atoms with van der Waals surface area (Å²) >= 11 is 0. The van der Waals surface area contributed by atoms with Crippen LogP contribution in [0, 0.1) is 5.41 Å². The van der Waals surface area contributed by atoms with Crippen molar-refractivity contribution in [2.24, 2.45) is 11.1 Å². The minimum absolute atomic E-state index is 0.281. The van der Waals surface area contributed by atoms with Gasteiger partial charge in [-0.2, -0.15) is 0 Å². The fourth-order valence-electron chi connectivity index (χ4n) is 1.46. The number of unbranched alkanes of at least 4 members (excludes halogenated alkanes) is 1. The van der Waals surface area contributed by atoms with Gasteiger partial charge in [-0.1, -0.05) is 20.8 Å². The van der Waals surface area contributed by atoms with E-state index in [0.29, 0.717) is 19.4 Å². The van der Waals surface area contributed by atoms with Gasteiger partial charge in [-0.05, 0) is 18.3 Å². The molecule has 0 saturated carbocycles. The number of carboxylic acids is 1. The lowest BCUT2D eigenvalue weighted by Crippen LogP contribution is -2.52. The molecule has 7 nitrogen and oxygen atoms in total. The molecule has 3 amide bonds. The average molecular weight is 273 g/mol. The van der Waals surface area contributed by atoms with E-state index < -0.39 is 23.5 Å². The van der Waals surface area contributed by atoms with Gasteiger partial charge >= 0.3 is 12.0 Å². The van der Waals surface area contributed by atoms with Crippen LogP contribution in [-0.2, 0) is 9.59 Å². The molecule has 0 rings (SSSR count). The van der Waals surface area contributed by atoms with E-state index in [-0.39, 0.29) is 12.3 Å². The first-order valence-electron chi connectivity index (χ1n) is 6.20. The van der Waals surface area contributed by atoms with E-state index in [9.17, 15) is 14.4 Å². The summed E-state index contributed by atoms with van der Waals surface area (Å²) in [6.07, 6.45) is 1.49. The molecule has 5 N–H and O–H groups in total. The summed E-state index contributed by atoms with van der Waals surface area (Å²) in [5, 5.41) is 14.0. The molecule has 0 aromatic carbocycles. The number of nitrogens with one attached hydrogen (secondary N) is 2. The molecule has 0 saturated heterocycles. The molecule has 0 aliphatic rings. The first-order valence-corrected chi connectivity index (χ1v) is 6.20. The zero-order valence-electron chi connectivity index (χ0n) is 11.7. The Morgan fingerprint density at radius 1 is 1.21 bits per heavy atom. The van der Waals surface area contributed by atoms with Crippen molar-refractivity contribution in [3.8, 4) is 0 Å². The number of carbonyl (C=O) groups excluding carboxylic acids is 2. The van der Waals surface area contributed by atoms with E-state index in [2.05, 4.69) is 10.6 Å². The maximum absolute atomic E-state index is 11.5. The van der Waals surface area contributed by atoms with Gasteiger partial charge in [0.2, 0.25) is 5.91 Å². The summed E-state index contributed by atoms with van der Waals surface area (Å²) in [5.74, 6) is -1.44. The summed E-state index contributed by atoms with van der Waals surface area (Å²) in [7, 11) is 0. The molecule has 0 radical (unpaired) electrons. The van der Waals surface area contributed by atoms with Gasteiger partial charge in [0.05, 0.1) is 0 Å². The molecule has 7 heteroatoms. The summed E-state index contributed by atoms with van der Waals surface area (Å²) in [6.45, 7) is 5.58. The molecule has 0 heterocycles. The standard InChI is InChI=1S/C12H23N3O4/c1-12(2,3)9(10(17)18)15-11(19)14-7-5-4-6-8(13)16/h9H,4-7H2,1-3H3,(H2,13,16)(H,17,18)(H2,14,15,19)/t9-/m0/s1. The zero-order valence-corrected chi connectivity index (χ0v) is 11.7. The van der Waals surface area contributed by atoms with Crippen LogP contribution in [0.2, 0.25) is 0 Å². The molecule has 0 spiro atoms. The second kappa shape index (κ2) is 7.60. The third-order valence-corrected chi connectivity index (χ3v) is 2.52. The van der Waals surface area contributed by atoms with E-state index in [4.69, 9.17) is 10.8 Å². The average Bonchev–Trinajstić information content (AvgIpc) is 2.23. The summed E-state index contributed by atoms with van der Waals surface area (Å²) in [4.78, 5) is 33.0. The third kappa shape index (κ3) is 8.01. The smallest absolute Gasteiger partial charge is 0.326 e. The van der Waals surface area contributed by atoms with Crippen molar-refractivity contribution < 1.29 is 19.5 Å². The monoisotopic (exact) mass is 273 g/mol. The van der Waals surface area contributed by atoms with E-state index in [0.717, 1.165) is 0 Å². The Balaban J connectivity index is 4.02. The van der Waals surface area contributed by atoms with Gasteiger partial charge in [-0.25, -0.2) is 9.59 Å². The van der Waals surface area contributed by atoms with Crippen molar-refractivity contribution in [2.75, 3.05) is 6.54 Å². The second-order valence-electron chi connectivity index (χ2n) is 5.46. The predicted octanol–water partition coefficient (Wildman–Crippen LogP) is 0.441. The SMILES string of the molecule is CC(C)(C)[C@@H](NC(=O)NCCCCC(N)=O)C(=O)O. The fraction of sp³-hybridized carbons (Fsp3) is 0.750. The van der Waals surface area contributed by atoms with Crippen molar-refractivity contribution in [2.45, 2.75) is 46.1 Å². The highest BCUT2D eigenvalue weighted by atomic mass is 16.4. The minimum atomic E-state index is -1.07. The predicted molar refractivity (Wildman–Crippen MR) is 70.5 cm³/mol. The highest BCUT2D eigenvalue weighted by Gasteiger charge is 2.32. The Bertz CT molecular complexity index is 336. The van der Waals surface area contributed by atoms with Crippen molar-refractivity contribution >= 4 is 17.9 Å². The van der Waals surface area contributed by atoms with Crippen LogP contribution >= 0.6 is 0 Å². The topological polar surface area (TPSA) is 122 Å². The minimum Gasteiger partial charge on any atom is -0.480 e. The van der Waals surface area contributed by atoms with Crippen LogP contribution in [0.4, 0.5) is 4.79 Å². The molecule has 0 aliphatic heterocycles. The van der Waals surface area contributed by atoms with Gasteiger partial charge in [0, 0.05) is 13.0 Å². The van der Waals surface area contributed by atoms with Crippen molar-refractivity contribution in [1.82, 2.24) is 10.6 Å². The lowest BCUT2D eigenvalue weighted by atomic mass is 9.87. The van der Waals surface area contributed by atoms with Crippen LogP contribution in [-0.4, -0.2) is 35.6 Å². The Morgan fingerprint density at radius 2 is 1.79 bits per heavy atom. The lowest BCUT2D eigenvalue weighted by molar-refractivity contribution is -0.141. The maximum atomic E-state index is 11.5. The van der Waals surface area contributed by atoms with Crippen molar-refractivity contribution in [3.05, 3.63) is 0 Å².